The Hall–Kier alpha value is -7.54. The van der Waals surface area contributed by atoms with Gasteiger partial charge in [0, 0.05) is 18.2 Å². The summed E-state index contributed by atoms with van der Waals surface area (Å²) >= 11 is 0. The van der Waals surface area contributed by atoms with Crippen molar-refractivity contribution in [2.75, 3.05) is 19.4 Å². The fourth-order valence-electron chi connectivity index (χ4n) is 6.19. The molecule has 0 aromatic heterocycles. The van der Waals surface area contributed by atoms with Crippen molar-refractivity contribution in [3.8, 4) is 11.5 Å². The zero-order valence-electron chi connectivity index (χ0n) is 36.4. The van der Waals surface area contributed by atoms with E-state index in [2.05, 4.69) is 30.7 Å². The number of rotatable bonds is 15. The Morgan fingerprint density at radius 1 is 0.586 bits per heavy atom. The molecule has 0 fully saturated rings. The van der Waals surface area contributed by atoms with E-state index in [-0.39, 0.29) is 78.2 Å². The summed E-state index contributed by atoms with van der Waals surface area (Å²) in [4.78, 5) is 11.1. The number of hydrogen-bond donors (Lipinski definition) is 4. The van der Waals surface area contributed by atoms with Gasteiger partial charge in [-0.15, -0.1) is 0 Å². The highest BCUT2D eigenvalue weighted by atomic mass is 32.2. The highest BCUT2D eigenvalue weighted by molar-refractivity contribution is 7.90. The van der Waals surface area contributed by atoms with E-state index in [1.54, 1.807) is 13.8 Å². The summed E-state index contributed by atoms with van der Waals surface area (Å²) in [5.74, 6) is -0.126. The highest BCUT2D eigenvalue weighted by Crippen LogP contribution is 2.38. The fourth-order valence-corrected chi connectivity index (χ4v) is 8.64. The van der Waals surface area contributed by atoms with Crippen LogP contribution in [0.3, 0.4) is 0 Å². The molecule has 0 heterocycles. The molecule has 0 unspecified atom stereocenters. The minimum atomic E-state index is -5.04. The van der Waals surface area contributed by atoms with Crippen molar-refractivity contribution in [2.45, 2.75) is 23.6 Å². The van der Waals surface area contributed by atoms with Gasteiger partial charge in [-0.05, 0) is 103 Å². The van der Waals surface area contributed by atoms with Gasteiger partial charge in [0.1, 0.15) is 21.3 Å². The molecule has 0 bridgehead atoms. The topological polar surface area (TPSA) is 356 Å². The lowest BCUT2D eigenvalue weighted by Crippen LogP contribution is -2.14. The molecule has 0 aliphatic heterocycles. The van der Waals surface area contributed by atoms with Crippen LogP contribution in [0.2, 0.25) is 0 Å². The van der Waals surface area contributed by atoms with Crippen LogP contribution < -0.4 is 14.6 Å². The third-order valence-corrected chi connectivity index (χ3v) is 13.1. The molecule has 364 valence electrons. The maximum Gasteiger partial charge on any atom is 0.336 e. The molecule has 4 N–H and O–H groups in total. The quantitative estimate of drug-likeness (QED) is 0.0376. The zero-order valence-corrected chi connectivity index (χ0v) is 39.7. The molecule has 4 aromatic rings. The first-order valence-electron chi connectivity index (χ1n) is 19.4. The Kier molecular flexibility index (Phi) is 15.2. The van der Waals surface area contributed by atoms with Gasteiger partial charge >= 0.3 is 5.69 Å². The summed E-state index contributed by atoms with van der Waals surface area (Å²) < 4.78 is 146. The summed E-state index contributed by atoms with van der Waals surface area (Å²) in [6, 6.07) is 15.3. The van der Waals surface area contributed by atoms with Crippen molar-refractivity contribution in [3.63, 3.8) is 0 Å². The van der Waals surface area contributed by atoms with E-state index >= 15 is 0 Å². The van der Waals surface area contributed by atoms with Crippen LogP contribution in [0.5, 0.6) is 11.5 Å². The average Bonchev–Trinajstić information content (AvgIpc) is 3.29. The standard InChI is InChI=1S/C42H36N8O16S4/c1-25-17-37(39(65-3)23-35(25)45-43-29-7-5-9-33(19-29)67(53,54)55)49(51)47-31-15-13-27(41(21-31)69(59,60)61)11-12-28-14-16-32(22-42(28)70(62,63)64)48-50(52)38-18-26(2)36(24-40(38)66-4)46-44-30-8-6-10-34(20-30)68(56,57)58/h5-24H,1-4H3,(H,53,54,55)(H,56,57,58)(H,59,60,61)(H,62,63,64). The zero-order chi connectivity index (χ0) is 51.3. The summed E-state index contributed by atoms with van der Waals surface area (Å²) in [5, 5.41) is 37.4. The molecule has 0 radical (unpaired) electrons. The molecule has 0 atom stereocenters. The van der Waals surface area contributed by atoms with Crippen LogP contribution in [0.15, 0.2) is 183 Å². The second kappa shape index (κ2) is 20.6. The summed E-state index contributed by atoms with van der Waals surface area (Å²) in [5.41, 5.74) is -0.0525. The van der Waals surface area contributed by atoms with Crippen LogP contribution in [-0.2, 0) is 40.5 Å². The molecule has 28 heteroatoms. The average molecular weight is 1040 g/mol. The fraction of sp³-hybridized carbons (Fsp3) is 0.0952. The smallest absolute Gasteiger partial charge is 0.336 e. The lowest BCUT2D eigenvalue weighted by atomic mass is 10.0. The van der Waals surface area contributed by atoms with Gasteiger partial charge in [0.25, 0.3) is 40.5 Å². The van der Waals surface area contributed by atoms with Gasteiger partial charge in [-0.1, -0.05) is 36.4 Å². The van der Waals surface area contributed by atoms with Crippen molar-refractivity contribution in [2.24, 2.45) is 30.7 Å². The predicted octanol–water partition coefficient (Wildman–Crippen LogP) is 8.31. The molecule has 6 rings (SSSR count). The first kappa shape index (κ1) is 51.8. The number of anilines is 1. The number of hydrogen-bond acceptors (Lipinski definition) is 18. The van der Waals surface area contributed by atoms with E-state index in [9.17, 15) is 62.0 Å². The largest absolute Gasteiger partial charge is 0.737 e. The predicted molar refractivity (Wildman–Crippen MR) is 254 cm³/mol. The van der Waals surface area contributed by atoms with Gasteiger partial charge in [0.05, 0.1) is 68.2 Å². The number of nitrogens with zero attached hydrogens (tertiary/aromatic N) is 8. The summed E-state index contributed by atoms with van der Waals surface area (Å²) in [6.07, 6.45) is 8.57. The number of azo groups is 2. The van der Waals surface area contributed by atoms with E-state index in [1.807, 2.05) is 0 Å². The molecule has 24 nitrogen and oxygen atoms in total. The first-order valence-corrected chi connectivity index (χ1v) is 25.2. The number of nitroso groups, excluding NO2 is 1. The molecule has 0 spiro atoms. The molecular formula is C42H36N8O16S4. The lowest BCUT2D eigenvalue weighted by Gasteiger charge is -2.28. The van der Waals surface area contributed by atoms with Crippen molar-refractivity contribution in [3.05, 3.63) is 164 Å². The maximum absolute atomic E-state index is 13.4. The molecule has 2 aliphatic carbocycles. The van der Waals surface area contributed by atoms with Crippen LogP contribution in [0.1, 0.15) is 11.1 Å². The van der Waals surface area contributed by atoms with Gasteiger partial charge < -0.3 is 19.9 Å². The Balaban J connectivity index is 1.24. The van der Waals surface area contributed by atoms with E-state index in [1.165, 1.54) is 74.9 Å². The SMILES string of the molecule is COc1cc(N=Nc2cccc(S(=O)(=O)O)c2)c(C)cc1N([O-])N=C1C=CC(=CC=C2C=CC(=N[N+](=O)c3cc(C)c(N=Nc4cccc(S(=O)(=O)O)c4)cc3OC)C=C2S(=O)(=O)O)C(S(=O)(=O)O)=C1. The van der Waals surface area contributed by atoms with Crippen LogP contribution >= 0.6 is 0 Å². The van der Waals surface area contributed by atoms with Crippen molar-refractivity contribution in [1.82, 2.24) is 0 Å². The van der Waals surface area contributed by atoms with E-state index < -0.39 is 60.1 Å². The Bertz CT molecular complexity index is 3630. The van der Waals surface area contributed by atoms with Gasteiger partial charge in [0.15, 0.2) is 4.87 Å². The van der Waals surface area contributed by atoms with E-state index in [0.717, 1.165) is 60.7 Å². The molecular weight excluding hydrogens is 1000 g/mol. The summed E-state index contributed by atoms with van der Waals surface area (Å²) in [7, 11) is -16.6. The van der Waals surface area contributed by atoms with Crippen molar-refractivity contribution in [1.29, 1.82) is 0 Å². The normalized spacial score (nSPS) is 16.9. The van der Waals surface area contributed by atoms with Gasteiger partial charge in [0.2, 0.25) is 5.75 Å². The second-order valence-corrected chi connectivity index (χ2v) is 20.1. The van der Waals surface area contributed by atoms with E-state index in [0.29, 0.717) is 11.1 Å². The Morgan fingerprint density at radius 2 is 1.04 bits per heavy atom. The molecule has 70 heavy (non-hydrogen) atoms. The molecule has 4 aromatic carbocycles. The lowest BCUT2D eigenvalue weighted by molar-refractivity contribution is -0.468. The van der Waals surface area contributed by atoms with Gasteiger partial charge in [-0.2, -0.15) is 59.2 Å². The Labute approximate surface area is 399 Å². The monoisotopic (exact) mass is 1040 g/mol. The van der Waals surface area contributed by atoms with Crippen molar-refractivity contribution < 1.29 is 66.2 Å². The van der Waals surface area contributed by atoms with Crippen LogP contribution in [0.25, 0.3) is 0 Å². The minimum absolute atomic E-state index is 0.0628. The van der Waals surface area contributed by atoms with E-state index in [4.69, 9.17) is 9.47 Å². The third kappa shape index (κ3) is 12.8. The first-order chi connectivity index (χ1) is 32.7. The maximum atomic E-state index is 13.4. The molecule has 0 amide bonds. The number of benzene rings is 4. The van der Waals surface area contributed by atoms with Crippen LogP contribution in [-0.4, -0.2) is 82.4 Å². The molecule has 0 saturated heterocycles. The van der Waals surface area contributed by atoms with Crippen LogP contribution in [0.4, 0.5) is 34.1 Å². The van der Waals surface area contributed by atoms with Gasteiger partial charge in [-0.25, -0.2) is 0 Å². The number of ether oxygens (including phenoxy) is 2. The molecule has 0 saturated carbocycles. The van der Waals surface area contributed by atoms with Crippen LogP contribution in [0, 0.1) is 24.0 Å². The number of allylic oxidation sites excluding steroid dienone is 10. The third-order valence-electron chi connectivity index (χ3n) is 9.59. The Morgan fingerprint density at radius 3 is 1.51 bits per heavy atom. The number of aryl methyl sites for hydroxylation is 2. The van der Waals surface area contributed by atoms with Crippen molar-refractivity contribution >= 4 is 86.0 Å². The molecule has 2 aliphatic rings. The van der Waals surface area contributed by atoms with Gasteiger partial charge in [-0.3, -0.25) is 18.2 Å². The highest BCUT2D eigenvalue weighted by Gasteiger charge is 2.27. The second-order valence-electron chi connectivity index (χ2n) is 14.4. The number of hydrazone groups is 2. The summed E-state index contributed by atoms with van der Waals surface area (Å²) in [6.45, 7) is 3.12. The number of methoxy groups -OCH3 is 2. The minimum Gasteiger partial charge on any atom is -0.737 e.